The van der Waals surface area contributed by atoms with Gasteiger partial charge in [-0.1, -0.05) is 6.92 Å². The summed E-state index contributed by atoms with van der Waals surface area (Å²) in [7, 11) is 0. The molecule has 0 aliphatic carbocycles. The molecule has 0 saturated carbocycles. The maximum atomic E-state index is 11.2. The second kappa shape index (κ2) is 4.45. The Morgan fingerprint density at radius 2 is 2.38 bits per heavy atom. The van der Waals surface area contributed by atoms with E-state index in [-0.39, 0.29) is 5.97 Å². The predicted octanol–water partition coefficient (Wildman–Crippen LogP) is 1.23. The van der Waals surface area contributed by atoms with Gasteiger partial charge in [-0.2, -0.15) is 0 Å². The number of rotatable bonds is 3. The van der Waals surface area contributed by atoms with E-state index in [4.69, 9.17) is 10.5 Å². The van der Waals surface area contributed by atoms with Crippen LogP contribution >= 0.6 is 0 Å². The van der Waals surface area contributed by atoms with E-state index < -0.39 is 0 Å². The number of hydrogen-bond donors (Lipinski definition) is 1. The molecular formula is C9H12N2O2. The number of carbonyl (C=O) groups is 1. The SMILES string of the molecule is CCCOC(=O)c1cncc(N)c1. The van der Waals surface area contributed by atoms with Gasteiger partial charge in [-0.15, -0.1) is 0 Å². The van der Waals surface area contributed by atoms with Crippen molar-refractivity contribution < 1.29 is 9.53 Å². The van der Waals surface area contributed by atoms with Crippen LogP contribution in [0.1, 0.15) is 23.7 Å². The Kier molecular flexibility index (Phi) is 3.25. The van der Waals surface area contributed by atoms with Crippen LogP contribution in [0.15, 0.2) is 18.5 Å². The minimum atomic E-state index is -0.373. The third kappa shape index (κ3) is 2.74. The third-order valence-electron chi connectivity index (χ3n) is 1.43. The first kappa shape index (κ1) is 9.51. The van der Waals surface area contributed by atoms with Gasteiger partial charge < -0.3 is 10.5 Å². The molecular weight excluding hydrogens is 168 g/mol. The normalized spacial score (nSPS) is 9.62. The number of carbonyl (C=O) groups excluding carboxylic acids is 1. The number of anilines is 1. The van der Waals surface area contributed by atoms with E-state index in [0.717, 1.165) is 6.42 Å². The molecule has 70 valence electrons. The van der Waals surface area contributed by atoms with Gasteiger partial charge in [0.05, 0.1) is 17.9 Å². The van der Waals surface area contributed by atoms with E-state index in [1.54, 1.807) is 6.07 Å². The van der Waals surface area contributed by atoms with Gasteiger partial charge >= 0.3 is 5.97 Å². The minimum Gasteiger partial charge on any atom is -0.462 e. The Morgan fingerprint density at radius 1 is 1.62 bits per heavy atom. The summed E-state index contributed by atoms with van der Waals surface area (Å²) < 4.78 is 4.90. The van der Waals surface area contributed by atoms with E-state index in [1.165, 1.54) is 12.4 Å². The van der Waals surface area contributed by atoms with Crippen molar-refractivity contribution in [3.8, 4) is 0 Å². The molecule has 0 aliphatic heterocycles. The number of nitrogens with two attached hydrogens (primary N) is 1. The van der Waals surface area contributed by atoms with Crippen LogP contribution < -0.4 is 5.73 Å². The molecule has 0 aliphatic rings. The summed E-state index contributed by atoms with van der Waals surface area (Å²) in [5, 5.41) is 0. The predicted molar refractivity (Wildman–Crippen MR) is 49.2 cm³/mol. The van der Waals surface area contributed by atoms with E-state index in [1.807, 2.05) is 6.92 Å². The van der Waals surface area contributed by atoms with Crippen LogP contribution in [0, 0.1) is 0 Å². The second-order valence-electron chi connectivity index (χ2n) is 2.64. The molecule has 0 radical (unpaired) electrons. The largest absolute Gasteiger partial charge is 0.462 e. The fraction of sp³-hybridized carbons (Fsp3) is 0.333. The number of nitrogens with zero attached hydrogens (tertiary/aromatic N) is 1. The average Bonchev–Trinajstić information content (AvgIpc) is 2.14. The summed E-state index contributed by atoms with van der Waals surface area (Å²) in [6.07, 6.45) is 3.73. The number of esters is 1. The number of pyridine rings is 1. The van der Waals surface area contributed by atoms with Crippen LogP contribution in [0.4, 0.5) is 5.69 Å². The van der Waals surface area contributed by atoms with E-state index in [9.17, 15) is 4.79 Å². The highest BCUT2D eigenvalue weighted by molar-refractivity contribution is 5.89. The number of nitrogen functional groups attached to an aromatic ring is 1. The van der Waals surface area contributed by atoms with Crippen LogP contribution in [-0.2, 0) is 4.74 Å². The molecule has 1 heterocycles. The molecule has 4 heteroatoms. The maximum Gasteiger partial charge on any atom is 0.339 e. The van der Waals surface area contributed by atoms with Gasteiger partial charge in [0.1, 0.15) is 0 Å². The van der Waals surface area contributed by atoms with Crippen molar-refractivity contribution in [2.24, 2.45) is 0 Å². The molecule has 2 N–H and O–H groups in total. The molecule has 0 amide bonds. The van der Waals surface area contributed by atoms with Crippen molar-refractivity contribution in [1.29, 1.82) is 0 Å². The fourth-order valence-corrected chi connectivity index (χ4v) is 0.847. The second-order valence-corrected chi connectivity index (χ2v) is 2.64. The molecule has 0 spiro atoms. The first-order valence-corrected chi connectivity index (χ1v) is 4.11. The van der Waals surface area contributed by atoms with Gasteiger partial charge in [-0.05, 0) is 12.5 Å². The molecule has 13 heavy (non-hydrogen) atoms. The van der Waals surface area contributed by atoms with Gasteiger partial charge in [-0.25, -0.2) is 4.79 Å². The molecule has 0 fully saturated rings. The molecule has 1 aromatic rings. The van der Waals surface area contributed by atoms with Gasteiger partial charge in [0.15, 0.2) is 0 Å². The van der Waals surface area contributed by atoms with Crippen molar-refractivity contribution in [3.05, 3.63) is 24.0 Å². The monoisotopic (exact) mass is 180 g/mol. The van der Waals surface area contributed by atoms with Crippen molar-refractivity contribution in [1.82, 2.24) is 4.98 Å². The first-order valence-electron chi connectivity index (χ1n) is 4.11. The number of aromatic nitrogens is 1. The zero-order chi connectivity index (χ0) is 9.68. The smallest absolute Gasteiger partial charge is 0.339 e. The van der Waals surface area contributed by atoms with Gasteiger partial charge in [0, 0.05) is 12.4 Å². The quantitative estimate of drug-likeness (QED) is 0.710. The Labute approximate surface area is 76.7 Å². The molecule has 0 unspecified atom stereocenters. The van der Waals surface area contributed by atoms with E-state index in [0.29, 0.717) is 17.9 Å². The summed E-state index contributed by atoms with van der Waals surface area (Å²) in [4.78, 5) is 15.0. The summed E-state index contributed by atoms with van der Waals surface area (Å²) in [6, 6.07) is 1.55. The summed E-state index contributed by atoms with van der Waals surface area (Å²) >= 11 is 0. The summed E-state index contributed by atoms with van der Waals surface area (Å²) in [6.45, 7) is 2.36. The fourth-order valence-electron chi connectivity index (χ4n) is 0.847. The van der Waals surface area contributed by atoms with Crippen LogP contribution in [0.3, 0.4) is 0 Å². The van der Waals surface area contributed by atoms with E-state index >= 15 is 0 Å². The summed E-state index contributed by atoms with van der Waals surface area (Å²) in [5.41, 5.74) is 6.32. The van der Waals surface area contributed by atoms with Crippen LogP contribution in [0.2, 0.25) is 0 Å². The minimum absolute atomic E-state index is 0.373. The number of ether oxygens (including phenoxy) is 1. The topological polar surface area (TPSA) is 65.2 Å². The van der Waals surface area contributed by atoms with Gasteiger partial charge in [-0.3, -0.25) is 4.98 Å². The zero-order valence-corrected chi connectivity index (χ0v) is 7.49. The molecule has 0 saturated heterocycles. The lowest BCUT2D eigenvalue weighted by atomic mass is 10.3. The van der Waals surface area contributed by atoms with Gasteiger partial charge in [0.25, 0.3) is 0 Å². The van der Waals surface area contributed by atoms with Crippen molar-refractivity contribution in [2.45, 2.75) is 13.3 Å². The van der Waals surface area contributed by atoms with Crippen LogP contribution in [0.5, 0.6) is 0 Å². The molecule has 0 aromatic carbocycles. The highest BCUT2D eigenvalue weighted by Gasteiger charge is 2.06. The lowest BCUT2D eigenvalue weighted by Gasteiger charge is -2.02. The van der Waals surface area contributed by atoms with Crippen molar-refractivity contribution >= 4 is 11.7 Å². The Morgan fingerprint density at radius 3 is 3.00 bits per heavy atom. The maximum absolute atomic E-state index is 11.2. The third-order valence-corrected chi connectivity index (χ3v) is 1.43. The van der Waals surface area contributed by atoms with Crippen LogP contribution in [0.25, 0.3) is 0 Å². The molecule has 1 aromatic heterocycles. The van der Waals surface area contributed by atoms with Gasteiger partial charge in [0.2, 0.25) is 0 Å². The van der Waals surface area contributed by atoms with Crippen molar-refractivity contribution in [2.75, 3.05) is 12.3 Å². The Balaban J connectivity index is 2.66. The van der Waals surface area contributed by atoms with E-state index in [2.05, 4.69) is 4.98 Å². The average molecular weight is 180 g/mol. The molecule has 0 atom stereocenters. The zero-order valence-electron chi connectivity index (χ0n) is 7.49. The highest BCUT2D eigenvalue weighted by Crippen LogP contribution is 2.05. The number of hydrogen-bond acceptors (Lipinski definition) is 4. The molecule has 0 bridgehead atoms. The molecule has 4 nitrogen and oxygen atoms in total. The molecule has 1 rings (SSSR count). The van der Waals surface area contributed by atoms with Crippen molar-refractivity contribution in [3.63, 3.8) is 0 Å². The Hall–Kier alpha value is -1.58. The Bertz CT molecular complexity index is 299. The lowest BCUT2D eigenvalue weighted by molar-refractivity contribution is 0.0504. The first-order chi connectivity index (χ1) is 6.24. The standard InChI is InChI=1S/C9H12N2O2/c1-2-3-13-9(12)7-4-8(10)6-11-5-7/h4-6H,2-3,10H2,1H3. The summed E-state index contributed by atoms with van der Waals surface area (Å²) in [5.74, 6) is -0.373. The lowest BCUT2D eigenvalue weighted by Crippen LogP contribution is -2.06. The van der Waals surface area contributed by atoms with Crippen LogP contribution in [-0.4, -0.2) is 17.6 Å². The highest BCUT2D eigenvalue weighted by atomic mass is 16.5.